The zero-order valence-electron chi connectivity index (χ0n) is 23.9. The van der Waals surface area contributed by atoms with Gasteiger partial charge in [0.1, 0.15) is 23.0 Å². The second-order valence-electron chi connectivity index (χ2n) is 9.95. The van der Waals surface area contributed by atoms with Crippen LogP contribution in [-0.2, 0) is 9.59 Å². The Labute approximate surface area is 246 Å². The third-order valence-corrected chi connectivity index (χ3v) is 7.29. The molecule has 0 fully saturated rings. The van der Waals surface area contributed by atoms with Crippen molar-refractivity contribution in [2.45, 2.75) is 25.4 Å². The molecule has 0 spiro atoms. The Balaban J connectivity index is 1.39. The van der Waals surface area contributed by atoms with Crippen molar-refractivity contribution in [2.24, 2.45) is 0 Å². The molecular formula is C34H34N2O6. The van der Waals surface area contributed by atoms with Gasteiger partial charge in [-0.05, 0) is 85.6 Å². The Morgan fingerprint density at radius 3 is 1.83 bits per heavy atom. The number of amides is 2. The molecule has 2 atom stereocenters. The summed E-state index contributed by atoms with van der Waals surface area (Å²) in [4.78, 5) is 30.9. The summed E-state index contributed by atoms with van der Waals surface area (Å²) in [7, 11) is 3.20. The lowest BCUT2D eigenvalue weighted by molar-refractivity contribution is -0.121. The highest BCUT2D eigenvalue weighted by Crippen LogP contribution is 2.42. The van der Waals surface area contributed by atoms with Crippen LogP contribution < -0.4 is 28.7 Å². The highest BCUT2D eigenvalue weighted by Gasteiger charge is 2.38. The first-order valence-electron chi connectivity index (χ1n) is 13.8. The standard InChI is InChI=1S/C34H34N2O6/c1-24-21-32(36(25-9-5-4-6-10-25)34(38)23-42-29-19-15-27(40-3)16-20-29)30-11-7-8-12-31(30)35(24)33(37)22-41-28-17-13-26(39-2)14-18-28/h4-20,24,32H,21-23H2,1-3H3/t24-,32-/m0/s1. The minimum Gasteiger partial charge on any atom is -0.497 e. The monoisotopic (exact) mass is 566 g/mol. The van der Waals surface area contributed by atoms with Crippen LogP contribution >= 0.6 is 0 Å². The van der Waals surface area contributed by atoms with Crippen LogP contribution in [0.1, 0.15) is 24.9 Å². The molecule has 0 aromatic heterocycles. The molecule has 8 nitrogen and oxygen atoms in total. The van der Waals surface area contributed by atoms with E-state index in [4.69, 9.17) is 18.9 Å². The third kappa shape index (κ3) is 6.33. The minimum absolute atomic E-state index is 0.118. The number of methoxy groups -OCH3 is 2. The van der Waals surface area contributed by atoms with Gasteiger partial charge in [-0.2, -0.15) is 0 Å². The molecule has 216 valence electrons. The van der Waals surface area contributed by atoms with Gasteiger partial charge in [-0.1, -0.05) is 36.4 Å². The molecular weight excluding hydrogens is 532 g/mol. The average molecular weight is 567 g/mol. The third-order valence-electron chi connectivity index (χ3n) is 7.29. The molecule has 42 heavy (non-hydrogen) atoms. The lowest BCUT2D eigenvalue weighted by Crippen LogP contribution is -2.49. The van der Waals surface area contributed by atoms with Gasteiger partial charge in [-0.25, -0.2) is 0 Å². The van der Waals surface area contributed by atoms with Crippen LogP contribution in [0.4, 0.5) is 11.4 Å². The summed E-state index contributed by atoms with van der Waals surface area (Å²) in [6.07, 6.45) is 0.536. The van der Waals surface area contributed by atoms with Crippen molar-refractivity contribution in [3.8, 4) is 23.0 Å². The van der Waals surface area contributed by atoms with Gasteiger partial charge < -0.3 is 28.7 Å². The fourth-order valence-corrected chi connectivity index (χ4v) is 5.27. The number of para-hydroxylation sites is 2. The normalized spacial score (nSPS) is 15.7. The van der Waals surface area contributed by atoms with Gasteiger partial charge in [-0.3, -0.25) is 9.59 Å². The second-order valence-corrected chi connectivity index (χ2v) is 9.95. The van der Waals surface area contributed by atoms with E-state index >= 15 is 0 Å². The molecule has 0 bridgehead atoms. The molecule has 4 aromatic rings. The number of hydrogen-bond donors (Lipinski definition) is 0. The van der Waals surface area contributed by atoms with Gasteiger partial charge in [0.15, 0.2) is 13.2 Å². The number of anilines is 2. The maximum atomic E-state index is 13.8. The molecule has 8 heteroatoms. The molecule has 1 aliphatic heterocycles. The molecule has 1 heterocycles. The van der Waals surface area contributed by atoms with Gasteiger partial charge in [0, 0.05) is 17.4 Å². The van der Waals surface area contributed by atoms with Crippen molar-refractivity contribution in [3.63, 3.8) is 0 Å². The molecule has 0 saturated carbocycles. The first kappa shape index (κ1) is 28.5. The summed E-state index contributed by atoms with van der Waals surface area (Å²) in [5.41, 5.74) is 2.40. The molecule has 5 rings (SSSR count). The van der Waals surface area contributed by atoms with E-state index in [0.717, 1.165) is 16.9 Å². The summed E-state index contributed by atoms with van der Waals surface area (Å²) in [6.45, 7) is 1.73. The van der Waals surface area contributed by atoms with E-state index in [-0.39, 0.29) is 37.1 Å². The minimum atomic E-state index is -0.308. The van der Waals surface area contributed by atoms with E-state index in [1.54, 1.807) is 72.6 Å². The summed E-state index contributed by atoms with van der Waals surface area (Å²) in [5.74, 6) is 2.23. The summed E-state index contributed by atoms with van der Waals surface area (Å²) in [6, 6.07) is 31.0. The van der Waals surface area contributed by atoms with Gasteiger partial charge >= 0.3 is 0 Å². The largest absolute Gasteiger partial charge is 0.497 e. The predicted molar refractivity (Wildman–Crippen MR) is 162 cm³/mol. The fraction of sp³-hybridized carbons (Fsp3) is 0.235. The maximum absolute atomic E-state index is 13.8. The Bertz CT molecular complexity index is 1490. The van der Waals surface area contributed by atoms with Crippen molar-refractivity contribution in [1.82, 2.24) is 0 Å². The molecule has 1 aliphatic rings. The van der Waals surface area contributed by atoms with Crippen molar-refractivity contribution in [3.05, 3.63) is 109 Å². The van der Waals surface area contributed by atoms with Crippen LogP contribution in [0.5, 0.6) is 23.0 Å². The zero-order chi connectivity index (χ0) is 29.5. The molecule has 0 N–H and O–H groups in total. The topological polar surface area (TPSA) is 77.5 Å². The van der Waals surface area contributed by atoms with Crippen molar-refractivity contribution in [1.29, 1.82) is 0 Å². The molecule has 0 unspecified atom stereocenters. The van der Waals surface area contributed by atoms with Crippen LogP contribution in [0.25, 0.3) is 0 Å². The Hall–Kier alpha value is -4.98. The molecule has 0 radical (unpaired) electrons. The number of nitrogens with zero attached hydrogens (tertiary/aromatic N) is 2. The number of benzene rings is 4. The highest BCUT2D eigenvalue weighted by atomic mass is 16.5. The van der Waals surface area contributed by atoms with E-state index in [9.17, 15) is 9.59 Å². The number of hydrogen-bond acceptors (Lipinski definition) is 6. The summed E-state index contributed by atoms with van der Waals surface area (Å²) in [5, 5.41) is 0. The van der Waals surface area contributed by atoms with Crippen LogP contribution in [0.3, 0.4) is 0 Å². The molecule has 0 saturated heterocycles. The maximum Gasteiger partial charge on any atom is 0.265 e. The Kier molecular flexibility index (Phi) is 8.92. The van der Waals surface area contributed by atoms with Crippen LogP contribution in [-0.4, -0.2) is 45.3 Å². The number of carbonyl (C=O) groups is 2. The lowest BCUT2D eigenvalue weighted by Gasteiger charge is -2.43. The summed E-state index contributed by atoms with van der Waals surface area (Å²) >= 11 is 0. The van der Waals surface area contributed by atoms with E-state index in [2.05, 4.69) is 0 Å². The molecule has 0 aliphatic carbocycles. The Morgan fingerprint density at radius 1 is 0.714 bits per heavy atom. The average Bonchev–Trinajstić information content (AvgIpc) is 3.03. The predicted octanol–water partition coefficient (Wildman–Crippen LogP) is 6.06. The second kappa shape index (κ2) is 13.1. The van der Waals surface area contributed by atoms with Crippen molar-refractivity contribution in [2.75, 3.05) is 37.2 Å². The van der Waals surface area contributed by atoms with Crippen LogP contribution in [0.15, 0.2) is 103 Å². The van der Waals surface area contributed by atoms with Crippen molar-refractivity contribution >= 4 is 23.2 Å². The SMILES string of the molecule is COc1ccc(OCC(=O)N2c3ccccc3[C@@H](N(C(=O)COc3ccc(OC)cc3)c3ccccc3)C[C@@H]2C)cc1. The van der Waals surface area contributed by atoms with Gasteiger partial charge in [-0.15, -0.1) is 0 Å². The zero-order valence-corrected chi connectivity index (χ0v) is 23.9. The number of rotatable bonds is 10. The number of fused-ring (bicyclic) bond motifs is 1. The van der Waals surface area contributed by atoms with E-state index in [0.29, 0.717) is 29.4 Å². The van der Waals surface area contributed by atoms with Crippen LogP contribution in [0, 0.1) is 0 Å². The number of ether oxygens (including phenoxy) is 4. The van der Waals surface area contributed by atoms with Gasteiger partial charge in [0.2, 0.25) is 0 Å². The number of carbonyl (C=O) groups excluding carboxylic acids is 2. The quantitative estimate of drug-likeness (QED) is 0.232. The smallest absolute Gasteiger partial charge is 0.265 e. The van der Waals surface area contributed by atoms with E-state index in [1.807, 2.05) is 61.5 Å². The molecule has 2 amide bonds. The first-order chi connectivity index (χ1) is 20.5. The van der Waals surface area contributed by atoms with E-state index < -0.39 is 0 Å². The van der Waals surface area contributed by atoms with E-state index in [1.165, 1.54) is 0 Å². The molecule has 4 aromatic carbocycles. The highest BCUT2D eigenvalue weighted by molar-refractivity contribution is 5.99. The van der Waals surface area contributed by atoms with Gasteiger partial charge in [0.05, 0.1) is 20.3 Å². The summed E-state index contributed by atoms with van der Waals surface area (Å²) < 4.78 is 22.1. The Morgan fingerprint density at radius 2 is 1.24 bits per heavy atom. The van der Waals surface area contributed by atoms with Crippen molar-refractivity contribution < 1.29 is 28.5 Å². The first-order valence-corrected chi connectivity index (χ1v) is 13.8. The fourth-order valence-electron chi connectivity index (χ4n) is 5.27. The van der Waals surface area contributed by atoms with Gasteiger partial charge in [0.25, 0.3) is 11.8 Å². The lowest BCUT2D eigenvalue weighted by atomic mass is 9.90. The van der Waals surface area contributed by atoms with Crippen LogP contribution in [0.2, 0.25) is 0 Å².